The zero-order valence-corrected chi connectivity index (χ0v) is 11.5. The molecule has 0 saturated carbocycles. The molecule has 0 heterocycles. The van der Waals surface area contributed by atoms with Gasteiger partial charge >= 0.3 is 0 Å². The van der Waals surface area contributed by atoms with E-state index in [2.05, 4.69) is 24.3 Å². The summed E-state index contributed by atoms with van der Waals surface area (Å²) in [5.41, 5.74) is 6.31. The molecule has 0 aromatic heterocycles. The second-order valence-electron chi connectivity index (χ2n) is 4.99. The lowest BCUT2D eigenvalue weighted by Gasteiger charge is -2.02. The van der Waals surface area contributed by atoms with Gasteiger partial charge in [-0.25, -0.2) is 0 Å². The van der Waals surface area contributed by atoms with Crippen LogP contribution >= 0.6 is 11.6 Å². The van der Waals surface area contributed by atoms with Crippen LogP contribution in [0.25, 0.3) is 17.2 Å². The molecule has 1 atom stereocenters. The highest BCUT2D eigenvalue weighted by atomic mass is 35.5. The van der Waals surface area contributed by atoms with Gasteiger partial charge in [-0.15, -0.1) is 0 Å². The van der Waals surface area contributed by atoms with Gasteiger partial charge in [0.2, 0.25) is 0 Å². The number of benzene rings is 2. The fourth-order valence-electron chi connectivity index (χ4n) is 2.55. The Bertz CT molecular complexity index is 656. The van der Waals surface area contributed by atoms with Crippen molar-refractivity contribution >= 4 is 17.7 Å². The van der Waals surface area contributed by atoms with E-state index in [0.717, 1.165) is 17.0 Å². The molecule has 1 nitrogen and oxygen atoms in total. The summed E-state index contributed by atoms with van der Waals surface area (Å²) in [6, 6.07) is 12.5. The van der Waals surface area contributed by atoms with E-state index in [-0.39, 0.29) is 0 Å². The largest absolute Gasteiger partial charge is 0.389 e. The van der Waals surface area contributed by atoms with Crippen LogP contribution in [0.5, 0.6) is 0 Å². The summed E-state index contributed by atoms with van der Waals surface area (Å²) in [6.07, 6.45) is 4.27. The number of aliphatic hydroxyl groups excluding tert-OH is 1. The Hall–Kier alpha value is -1.57. The first-order chi connectivity index (χ1) is 9.13. The van der Waals surface area contributed by atoms with Crippen molar-refractivity contribution in [3.8, 4) is 11.1 Å². The predicted molar refractivity (Wildman–Crippen MR) is 80.4 cm³/mol. The fourth-order valence-corrected chi connectivity index (χ4v) is 2.75. The lowest BCUT2D eigenvalue weighted by Crippen LogP contribution is -1.91. The number of halogens is 1. The van der Waals surface area contributed by atoms with E-state index in [1.807, 2.05) is 18.2 Å². The molecule has 0 fully saturated rings. The topological polar surface area (TPSA) is 20.2 Å². The minimum Gasteiger partial charge on any atom is -0.389 e. The van der Waals surface area contributed by atoms with Crippen molar-refractivity contribution in [1.82, 2.24) is 0 Å². The van der Waals surface area contributed by atoms with Gasteiger partial charge in [0.15, 0.2) is 0 Å². The summed E-state index contributed by atoms with van der Waals surface area (Å²) in [7, 11) is 0. The van der Waals surface area contributed by atoms with Gasteiger partial charge in [0.25, 0.3) is 0 Å². The van der Waals surface area contributed by atoms with Gasteiger partial charge in [0, 0.05) is 5.02 Å². The Morgan fingerprint density at radius 3 is 2.53 bits per heavy atom. The van der Waals surface area contributed by atoms with Crippen LogP contribution in [-0.4, -0.2) is 11.2 Å². The van der Waals surface area contributed by atoms with Crippen LogP contribution in [-0.2, 0) is 6.42 Å². The van der Waals surface area contributed by atoms with Crippen LogP contribution in [0.1, 0.15) is 23.6 Å². The van der Waals surface area contributed by atoms with Gasteiger partial charge in [-0.1, -0.05) is 48.0 Å². The van der Waals surface area contributed by atoms with Crippen molar-refractivity contribution in [1.29, 1.82) is 0 Å². The molecule has 3 rings (SSSR count). The lowest BCUT2D eigenvalue weighted by atomic mass is 10.0. The molecule has 0 saturated heterocycles. The molecule has 1 aliphatic rings. The van der Waals surface area contributed by atoms with E-state index in [1.165, 1.54) is 22.3 Å². The maximum atomic E-state index is 9.28. The third-order valence-electron chi connectivity index (χ3n) is 3.43. The van der Waals surface area contributed by atoms with E-state index in [0.29, 0.717) is 0 Å². The smallest absolute Gasteiger partial charge is 0.0696 e. The van der Waals surface area contributed by atoms with Gasteiger partial charge in [0.1, 0.15) is 0 Å². The molecule has 0 amide bonds. The van der Waals surface area contributed by atoms with E-state index in [9.17, 15) is 5.11 Å². The van der Waals surface area contributed by atoms with E-state index in [1.54, 1.807) is 13.0 Å². The van der Waals surface area contributed by atoms with Crippen LogP contribution in [0, 0.1) is 0 Å². The molecule has 2 aromatic carbocycles. The lowest BCUT2D eigenvalue weighted by molar-refractivity contribution is 0.245. The summed E-state index contributed by atoms with van der Waals surface area (Å²) in [4.78, 5) is 0. The van der Waals surface area contributed by atoms with E-state index in [4.69, 9.17) is 11.6 Å². The first-order valence-electron chi connectivity index (χ1n) is 6.41. The Balaban J connectivity index is 1.98. The second-order valence-corrected chi connectivity index (χ2v) is 5.43. The molecule has 2 aromatic rings. The molecular formula is C17H15ClO. The molecule has 19 heavy (non-hydrogen) atoms. The van der Waals surface area contributed by atoms with Gasteiger partial charge < -0.3 is 5.11 Å². The van der Waals surface area contributed by atoms with E-state index >= 15 is 0 Å². The highest BCUT2D eigenvalue weighted by Gasteiger charge is 2.18. The Kier molecular flexibility index (Phi) is 3.17. The van der Waals surface area contributed by atoms with Gasteiger partial charge in [-0.3, -0.25) is 0 Å². The first kappa shape index (κ1) is 12.5. The van der Waals surface area contributed by atoms with Crippen LogP contribution in [0.15, 0.2) is 42.5 Å². The summed E-state index contributed by atoms with van der Waals surface area (Å²) < 4.78 is 0. The third-order valence-corrected chi connectivity index (χ3v) is 3.67. The van der Waals surface area contributed by atoms with Gasteiger partial charge in [0.05, 0.1) is 6.10 Å². The van der Waals surface area contributed by atoms with Crippen LogP contribution in [0.2, 0.25) is 5.02 Å². The minimum absolute atomic E-state index is 0.413. The molecule has 1 aliphatic carbocycles. The number of hydrogen-bond acceptors (Lipinski definition) is 1. The Labute approximate surface area is 118 Å². The number of rotatable bonds is 2. The van der Waals surface area contributed by atoms with Crippen molar-refractivity contribution in [2.24, 2.45) is 0 Å². The van der Waals surface area contributed by atoms with Crippen molar-refractivity contribution in [3.05, 3.63) is 64.2 Å². The summed E-state index contributed by atoms with van der Waals surface area (Å²) >= 11 is 6.04. The highest BCUT2D eigenvalue weighted by Crippen LogP contribution is 2.38. The molecule has 0 bridgehead atoms. The summed E-state index contributed by atoms with van der Waals surface area (Å²) in [5.74, 6) is 0. The quantitative estimate of drug-likeness (QED) is 0.736. The predicted octanol–water partition coefficient (Wildman–Crippen LogP) is 4.31. The van der Waals surface area contributed by atoms with Crippen LogP contribution in [0.4, 0.5) is 0 Å². The average Bonchev–Trinajstić information content (AvgIpc) is 2.72. The van der Waals surface area contributed by atoms with Gasteiger partial charge in [-0.2, -0.15) is 0 Å². The summed E-state index contributed by atoms with van der Waals surface area (Å²) in [6.45, 7) is 1.75. The molecule has 0 spiro atoms. The molecule has 1 unspecified atom stereocenters. The standard InChI is InChI=1S/C17H15ClO/c1-11(19)2-3-12-4-6-16-13(8-12)9-14-10-15(18)5-7-17(14)16/h2-8,10-11,19H,9H2,1H3/b3-2+. The molecular weight excluding hydrogens is 256 g/mol. The molecule has 2 heteroatoms. The average molecular weight is 271 g/mol. The normalized spacial score (nSPS) is 14.5. The van der Waals surface area contributed by atoms with Gasteiger partial charge in [-0.05, 0) is 53.3 Å². The maximum absolute atomic E-state index is 9.28. The monoisotopic (exact) mass is 270 g/mol. The minimum atomic E-state index is -0.413. The molecule has 0 radical (unpaired) electrons. The first-order valence-corrected chi connectivity index (χ1v) is 6.79. The van der Waals surface area contributed by atoms with Crippen molar-refractivity contribution in [2.75, 3.05) is 0 Å². The molecule has 96 valence electrons. The van der Waals surface area contributed by atoms with Crippen LogP contribution in [0.3, 0.4) is 0 Å². The highest BCUT2D eigenvalue weighted by molar-refractivity contribution is 6.30. The summed E-state index contributed by atoms with van der Waals surface area (Å²) in [5, 5.41) is 10.1. The molecule has 1 N–H and O–H groups in total. The number of fused-ring (bicyclic) bond motifs is 3. The number of hydrogen-bond donors (Lipinski definition) is 1. The Morgan fingerprint density at radius 1 is 1.11 bits per heavy atom. The zero-order chi connectivity index (χ0) is 13.4. The van der Waals surface area contributed by atoms with Crippen molar-refractivity contribution in [3.63, 3.8) is 0 Å². The molecule has 0 aliphatic heterocycles. The SMILES string of the molecule is CC(O)/C=C/c1ccc2c(c1)Cc1cc(Cl)ccc1-2. The number of aliphatic hydroxyl groups is 1. The Morgan fingerprint density at radius 2 is 1.79 bits per heavy atom. The maximum Gasteiger partial charge on any atom is 0.0696 e. The van der Waals surface area contributed by atoms with E-state index < -0.39 is 6.10 Å². The third kappa shape index (κ3) is 2.44. The second kappa shape index (κ2) is 4.84. The van der Waals surface area contributed by atoms with Crippen molar-refractivity contribution in [2.45, 2.75) is 19.4 Å². The van der Waals surface area contributed by atoms with Crippen LogP contribution < -0.4 is 0 Å². The zero-order valence-electron chi connectivity index (χ0n) is 10.7. The fraction of sp³-hybridized carbons (Fsp3) is 0.176. The van der Waals surface area contributed by atoms with Crippen molar-refractivity contribution < 1.29 is 5.11 Å².